The highest BCUT2D eigenvalue weighted by Gasteiger charge is 2.49. The van der Waals surface area contributed by atoms with Crippen LogP contribution in [0.3, 0.4) is 0 Å². The van der Waals surface area contributed by atoms with Crippen molar-refractivity contribution in [3.63, 3.8) is 0 Å². The SMILES string of the molecule is COC1C(O)C(COCC2=CC=CCC2C)CC2OC(N(C)C)=NC21. The number of amidine groups is 1. The molecule has 25 heavy (non-hydrogen) atoms. The van der Waals surface area contributed by atoms with Gasteiger partial charge in [-0.2, -0.15) is 0 Å². The molecule has 0 aromatic rings. The summed E-state index contributed by atoms with van der Waals surface area (Å²) < 4.78 is 17.5. The van der Waals surface area contributed by atoms with Crippen molar-refractivity contribution in [2.75, 3.05) is 34.4 Å². The number of aliphatic hydroxyl groups excluding tert-OH is 1. The second-order valence-electron chi connectivity index (χ2n) is 7.46. The van der Waals surface area contributed by atoms with Crippen LogP contribution in [0.15, 0.2) is 28.8 Å². The molecule has 1 aliphatic heterocycles. The standard InChI is InChI=1S/C19H30N2O4/c1-12-7-5-6-8-13(12)10-24-11-14-9-15-16(18(23-4)17(14)22)20-19(25-15)21(2)3/h5-6,8,12,14-18,22H,7,9-11H2,1-4H3. The lowest BCUT2D eigenvalue weighted by Crippen LogP contribution is -2.53. The number of rotatable bonds is 5. The molecule has 0 aromatic heterocycles. The van der Waals surface area contributed by atoms with Gasteiger partial charge in [0, 0.05) is 27.1 Å². The predicted molar refractivity (Wildman–Crippen MR) is 96.5 cm³/mol. The van der Waals surface area contributed by atoms with E-state index in [0.717, 1.165) is 12.8 Å². The molecule has 3 aliphatic rings. The van der Waals surface area contributed by atoms with Gasteiger partial charge in [-0.15, -0.1) is 0 Å². The first-order valence-electron chi connectivity index (χ1n) is 9.07. The Bertz CT molecular complexity index is 558. The average Bonchev–Trinajstić information content (AvgIpc) is 3.01. The third-order valence-electron chi connectivity index (χ3n) is 5.41. The minimum atomic E-state index is -0.599. The van der Waals surface area contributed by atoms with E-state index < -0.39 is 6.10 Å². The Hall–Kier alpha value is -1.37. The number of nitrogens with zero attached hydrogens (tertiary/aromatic N) is 2. The van der Waals surface area contributed by atoms with E-state index in [1.165, 1.54) is 5.57 Å². The number of fused-ring (bicyclic) bond motifs is 1. The van der Waals surface area contributed by atoms with Gasteiger partial charge >= 0.3 is 0 Å². The number of hydrogen-bond acceptors (Lipinski definition) is 6. The summed E-state index contributed by atoms with van der Waals surface area (Å²) in [7, 11) is 5.43. The van der Waals surface area contributed by atoms with Crippen LogP contribution in [0, 0.1) is 11.8 Å². The third kappa shape index (κ3) is 3.91. The van der Waals surface area contributed by atoms with Crippen LogP contribution in [0.25, 0.3) is 0 Å². The summed E-state index contributed by atoms with van der Waals surface area (Å²) >= 11 is 0. The molecule has 0 saturated heterocycles. The fraction of sp³-hybridized carbons (Fsp3) is 0.737. The van der Waals surface area contributed by atoms with Gasteiger partial charge in [0.05, 0.1) is 19.3 Å². The molecule has 0 bridgehead atoms. The fourth-order valence-corrected chi connectivity index (χ4v) is 3.80. The Morgan fingerprint density at radius 3 is 2.88 bits per heavy atom. The molecular formula is C19H30N2O4. The molecule has 140 valence electrons. The normalized spacial score (nSPS) is 37.2. The van der Waals surface area contributed by atoms with Crippen molar-refractivity contribution >= 4 is 6.02 Å². The Balaban J connectivity index is 1.58. The van der Waals surface area contributed by atoms with Gasteiger partial charge < -0.3 is 24.2 Å². The van der Waals surface area contributed by atoms with Gasteiger partial charge in [0.1, 0.15) is 18.2 Å². The number of methoxy groups -OCH3 is 1. The van der Waals surface area contributed by atoms with Crippen molar-refractivity contribution in [3.05, 3.63) is 23.8 Å². The number of hydrogen-bond donors (Lipinski definition) is 1. The highest BCUT2D eigenvalue weighted by atomic mass is 16.5. The Morgan fingerprint density at radius 2 is 2.20 bits per heavy atom. The summed E-state index contributed by atoms with van der Waals surface area (Å²) in [5.74, 6) is 0.504. The number of aliphatic hydroxyl groups is 1. The maximum Gasteiger partial charge on any atom is 0.287 e. The lowest BCUT2D eigenvalue weighted by molar-refractivity contribution is -0.116. The molecule has 6 heteroatoms. The zero-order chi connectivity index (χ0) is 18.0. The number of aliphatic imine (C=N–C) groups is 1. The van der Waals surface area contributed by atoms with E-state index in [0.29, 0.717) is 25.2 Å². The summed E-state index contributed by atoms with van der Waals surface area (Å²) in [6.45, 7) is 3.33. The van der Waals surface area contributed by atoms with Gasteiger partial charge in [0.25, 0.3) is 6.02 Å². The zero-order valence-corrected chi connectivity index (χ0v) is 15.6. The molecular weight excluding hydrogens is 320 g/mol. The van der Waals surface area contributed by atoms with Gasteiger partial charge in [0.15, 0.2) is 0 Å². The first-order chi connectivity index (χ1) is 12.0. The Morgan fingerprint density at radius 1 is 1.40 bits per heavy atom. The van der Waals surface area contributed by atoms with Gasteiger partial charge in [-0.05, 0) is 24.3 Å². The van der Waals surface area contributed by atoms with Gasteiger partial charge in [-0.1, -0.05) is 25.2 Å². The molecule has 0 spiro atoms. The van der Waals surface area contributed by atoms with Crippen molar-refractivity contribution in [2.45, 2.75) is 44.1 Å². The van der Waals surface area contributed by atoms with Gasteiger partial charge in [-0.25, -0.2) is 4.99 Å². The summed E-state index contributed by atoms with van der Waals surface area (Å²) in [4.78, 5) is 6.44. The van der Waals surface area contributed by atoms with E-state index >= 15 is 0 Å². The van der Waals surface area contributed by atoms with Crippen molar-refractivity contribution in [1.82, 2.24) is 4.90 Å². The largest absolute Gasteiger partial charge is 0.459 e. The maximum absolute atomic E-state index is 10.7. The van der Waals surface area contributed by atoms with Gasteiger partial charge in [0.2, 0.25) is 0 Å². The minimum absolute atomic E-state index is 0.0158. The third-order valence-corrected chi connectivity index (χ3v) is 5.41. The van der Waals surface area contributed by atoms with Crippen LogP contribution in [0.2, 0.25) is 0 Å². The second kappa shape index (κ2) is 7.89. The molecule has 1 N–H and O–H groups in total. The topological polar surface area (TPSA) is 63.5 Å². The molecule has 6 nitrogen and oxygen atoms in total. The van der Waals surface area contributed by atoms with Crippen LogP contribution >= 0.6 is 0 Å². The number of allylic oxidation sites excluding steroid dienone is 3. The van der Waals surface area contributed by atoms with Crippen LogP contribution in [-0.2, 0) is 14.2 Å². The average molecular weight is 350 g/mol. The highest BCUT2D eigenvalue weighted by Crippen LogP contribution is 2.35. The first-order valence-corrected chi connectivity index (χ1v) is 9.07. The van der Waals surface area contributed by atoms with Crippen molar-refractivity contribution in [2.24, 2.45) is 16.8 Å². The summed E-state index contributed by atoms with van der Waals surface area (Å²) in [5, 5.41) is 10.7. The van der Waals surface area contributed by atoms with Crippen LogP contribution in [-0.4, -0.2) is 74.8 Å². The van der Waals surface area contributed by atoms with Crippen molar-refractivity contribution in [1.29, 1.82) is 0 Å². The van der Waals surface area contributed by atoms with E-state index in [2.05, 4.69) is 30.1 Å². The summed E-state index contributed by atoms with van der Waals surface area (Å²) in [6, 6.07) is 0.457. The smallest absolute Gasteiger partial charge is 0.287 e. The monoisotopic (exact) mass is 350 g/mol. The second-order valence-corrected chi connectivity index (χ2v) is 7.46. The molecule has 6 unspecified atom stereocenters. The lowest BCUT2D eigenvalue weighted by Gasteiger charge is -2.39. The van der Waals surface area contributed by atoms with Crippen molar-refractivity contribution < 1.29 is 19.3 Å². The summed E-state index contributed by atoms with van der Waals surface area (Å²) in [6.07, 6.45) is 7.18. The molecule has 2 aliphatic carbocycles. The molecule has 0 aromatic carbocycles. The highest BCUT2D eigenvalue weighted by molar-refractivity contribution is 5.75. The van der Waals surface area contributed by atoms with Crippen molar-refractivity contribution in [3.8, 4) is 0 Å². The van der Waals surface area contributed by atoms with E-state index in [9.17, 15) is 5.11 Å². The Kier molecular flexibility index (Phi) is 5.81. The lowest BCUT2D eigenvalue weighted by atomic mass is 9.80. The minimum Gasteiger partial charge on any atom is -0.459 e. The maximum atomic E-state index is 10.7. The van der Waals surface area contributed by atoms with Crippen LogP contribution in [0.4, 0.5) is 0 Å². The van der Waals surface area contributed by atoms with Crippen LogP contribution in [0.1, 0.15) is 19.8 Å². The van der Waals surface area contributed by atoms with Crippen LogP contribution in [0.5, 0.6) is 0 Å². The number of ether oxygens (including phenoxy) is 3. The first kappa shape index (κ1) is 18.4. The molecule has 1 heterocycles. The molecule has 0 radical (unpaired) electrons. The fourth-order valence-electron chi connectivity index (χ4n) is 3.80. The molecule has 6 atom stereocenters. The van der Waals surface area contributed by atoms with Gasteiger partial charge in [-0.3, -0.25) is 0 Å². The van der Waals surface area contributed by atoms with E-state index in [1.807, 2.05) is 19.0 Å². The molecule has 1 fully saturated rings. The molecule has 1 saturated carbocycles. The zero-order valence-electron chi connectivity index (χ0n) is 15.6. The predicted octanol–water partition coefficient (Wildman–Crippen LogP) is 1.61. The van der Waals surface area contributed by atoms with E-state index in [-0.39, 0.29) is 24.2 Å². The van der Waals surface area contributed by atoms with E-state index in [4.69, 9.17) is 14.2 Å². The summed E-state index contributed by atoms with van der Waals surface area (Å²) in [5.41, 5.74) is 1.31. The van der Waals surface area contributed by atoms with E-state index in [1.54, 1.807) is 7.11 Å². The molecule has 0 amide bonds. The Labute approximate surface area is 150 Å². The quantitative estimate of drug-likeness (QED) is 0.816. The molecule has 3 rings (SSSR count). The van der Waals surface area contributed by atoms with Crippen LogP contribution < -0.4 is 0 Å².